The van der Waals surface area contributed by atoms with Crippen molar-refractivity contribution in [1.29, 1.82) is 0 Å². The Balaban J connectivity index is 1.36. The summed E-state index contributed by atoms with van der Waals surface area (Å²) in [5.41, 5.74) is 11.4. The Labute approximate surface area is 196 Å². The van der Waals surface area contributed by atoms with Gasteiger partial charge in [-0.25, -0.2) is 4.98 Å². The molecule has 5 rings (SSSR count). The van der Waals surface area contributed by atoms with E-state index in [2.05, 4.69) is 15.0 Å². The number of benzene rings is 2. The minimum Gasteiger partial charge on any atom is -0.459 e. The number of aromatic amines is 1. The second kappa shape index (κ2) is 9.02. The van der Waals surface area contributed by atoms with Crippen molar-refractivity contribution >= 4 is 28.5 Å². The number of hydrogen-bond acceptors (Lipinski definition) is 6. The first-order chi connectivity index (χ1) is 16.0. The molecular weight excluding hydrogens is 440 g/mol. The Hall–Kier alpha value is -3.13. The van der Waals surface area contributed by atoms with E-state index in [4.69, 9.17) is 26.8 Å². The normalized spacial score (nSPS) is 20.8. The van der Waals surface area contributed by atoms with Gasteiger partial charge in [0.2, 0.25) is 0 Å². The summed E-state index contributed by atoms with van der Waals surface area (Å²) in [6.45, 7) is 2.40. The number of aliphatic hydroxyl groups excluding tert-OH is 1. The number of rotatable bonds is 5. The monoisotopic (exact) mass is 464 g/mol. The molecule has 1 aliphatic heterocycles. The molecule has 33 heavy (non-hydrogen) atoms. The molecule has 0 aliphatic carbocycles. The molecule has 8 heteroatoms. The van der Waals surface area contributed by atoms with Gasteiger partial charge in [-0.15, -0.1) is 0 Å². The predicted molar refractivity (Wildman–Crippen MR) is 129 cm³/mol. The second-order valence-corrected chi connectivity index (χ2v) is 8.66. The molecule has 4 N–H and O–H groups in total. The quantitative estimate of drug-likeness (QED) is 0.365. The number of halogens is 1. The van der Waals surface area contributed by atoms with Crippen LogP contribution in [0.5, 0.6) is 6.01 Å². The molecule has 1 aliphatic rings. The van der Waals surface area contributed by atoms with Crippen LogP contribution in [-0.4, -0.2) is 45.0 Å². The van der Waals surface area contributed by atoms with Crippen molar-refractivity contribution in [3.05, 3.63) is 59.6 Å². The van der Waals surface area contributed by atoms with Gasteiger partial charge < -0.3 is 25.3 Å². The van der Waals surface area contributed by atoms with E-state index in [1.807, 2.05) is 55.5 Å². The Morgan fingerprint density at radius 3 is 2.42 bits per heavy atom. The smallest absolute Gasteiger partial charge is 0.296 e. The zero-order valence-corrected chi connectivity index (χ0v) is 18.9. The van der Waals surface area contributed by atoms with Crippen LogP contribution >= 0.6 is 11.6 Å². The van der Waals surface area contributed by atoms with Gasteiger partial charge >= 0.3 is 0 Å². The number of nitrogens with one attached hydrogen (secondary N) is 1. The summed E-state index contributed by atoms with van der Waals surface area (Å²) >= 11 is 6.55. The molecule has 1 saturated heterocycles. The Morgan fingerprint density at radius 2 is 1.76 bits per heavy atom. The van der Waals surface area contributed by atoms with Crippen LogP contribution in [0.3, 0.4) is 0 Å². The average Bonchev–Trinajstić information content (AvgIpc) is 3.20. The molecule has 0 bridgehead atoms. The van der Waals surface area contributed by atoms with Crippen molar-refractivity contribution in [1.82, 2.24) is 15.0 Å². The van der Waals surface area contributed by atoms with Crippen molar-refractivity contribution < 1.29 is 14.6 Å². The maximum absolute atomic E-state index is 10.2. The Kier molecular flexibility index (Phi) is 5.93. The first-order valence-corrected chi connectivity index (χ1v) is 11.4. The van der Waals surface area contributed by atoms with E-state index in [0.29, 0.717) is 40.9 Å². The zero-order chi connectivity index (χ0) is 22.9. The summed E-state index contributed by atoms with van der Waals surface area (Å²) in [5.74, 6) is 0. The summed E-state index contributed by atoms with van der Waals surface area (Å²) in [6.07, 6.45) is 0.294. The summed E-state index contributed by atoms with van der Waals surface area (Å²) in [6, 6.07) is 17.9. The number of nitrogens with zero attached hydrogens (tertiary/aromatic N) is 2. The van der Waals surface area contributed by atoms with Crippen LogP contribution in [0.1, 0.15) is 19.8 Å². The number of anilines is 1. The lowest BCUT2D eigenvalue weighted by molar-refractivity contribution is -0.118. The highest BCUT2D eigenvalue weighted by molar-refractivity contribution is 6.33. The van der Waals surface area contributed by atoms with Gasteiger partial charge in [-0.1, -0.05) is 54.9 Å². The molecular formula is C25H25ClN4O3. The number of ether oxygens (including phenoxy) is 2. The Bertz CT molecular complexity index is 1260. The van der Waals surface area contributed by atoms with Gasteiger partial charge in [-0.2, -0.15) is 4.98 Å². The van der Waals surface area contributed by atoms with Gasteiger partial charge in [0.1, 0.15) is 6.10 Å². The molecule has 0 unspecified atom stereocenters. The number of aromatic nitrogens is 3. The molecule has 1 fully saturated rings. The summed E-state index contributed by atoms with van der Waals surface area (Å²) in [4.78, 5) is 12.2. The number of H-pyrrole nitrogens is 1. The topological polar surface area (TPSA) is 106 Å². The van der Waals surface area contributed by atoms with Crippen molar-refractivity contribution in [3.8, 4) is 28.4 Å². The van der Waals surface area contributed by atoms with E-state index in [-0.39, 0.29) is 12.2 Å². The number of imidazole rings is 1. The van der Waals surface area contributed by atoms with Gasteiger partial charge in [0, 0.05) is 17.7 Å². The second-order valence-electron chi connectivity index (χ2n) is 8.25. The number of nitrogen functional groups attached to an aromatic ring is 1. The zero-order valence-electron chi connectivity index (χ0n) is 18.2. The highest BCUT2D eigenvalue weighted by Gasteiger charge is 2.30. The number of hydrogen-bond donors (Lipinski definition) is 3. The summed E-state index contributed by atoms with van der Waals surface area (Å²) in [7, 11) is 0. The number of fused-ring (bicyclic) bond motifs is 1. The highest BCUT2D eigenvalue weighted by Crippen LogP contribution is 2.31. The Morgan fingerprint density at radius 1 is 1.09 bits per heavy atom. The van der Waals surface area contributed by atoms with Gasteiger partial charge in [0.15, 0.2) is 5.65 Å². The maximum atomic E-state index is 10.2. The fourth-order valence-electron chi connectivity index (χ4n) is 4.11. The average molecular weight is 465 g/mol. The number of pyridine rings is 1. The van der Waals surface area contributed by atoms with Crippen LogP contribution in [0.4, 0.5) is 5.69 Å². The molecule has 3 heterocycles. The van der Waals surface area contributed by atoms with E-state index in [0.717, 1.165) is 28.8 Å². The maximum Gasteiger partial charge on any atom is 0.296 e. The molecule has 0 saturated carbocycles. The molecule has 2 aromatic carbocycles. The third-order valence-corrected chi connectivity index (χ3v) is 6.21. The third kappa shape index (κ3) is 4.53. The van der Waals surface area contributed by atoms with Crippen LogP contribution in [0.25, 0.3) is 33.5 Å². The molecule has 0 radical (unpaired) electrons. The SMILES string of the molecule is CC[C@H]1OC[C@H](Oc2nc3nc(-c4ccc(-c5ccc(N)cc5)cc4)c(Cl)cc3[nH]2)C[C@@H]1O. The van der Waals surface area contributed by atoms with Crippen molar-refractivity contribution in [2.24, 2.45) is 0 Å². The highest BCUT2D eigenvalue weighted by atomic mass is 35.5. The minimum absolute atomic E-state index is 0.144. The summed E-state index contributed by atoms with van der Waals surface area (Å²) in [5, 5.41) is 10.7. The van der Waals surface area contributed by atoms with Gasteiger partial charge in [0.05, 0.1) is 35.0 Å². The first kappa shape index (κ1) is 21.7. The lowest BCUT2D eigenvalue weighted by Gasteiger charge is -2.32. The molecule has 0 spiro atoms. The molecule has 4 aromatic rings. The van der Waals surface area contributed by atoms with Gasteiger partial charge in [-0.05, 0) is 35.7 Å². The van der Waals surface area contributed by atoms with Gasteiger partial charge in [0.25, 0.3) is 6.01 Å². The van der Waals surface area contributed by atoms with Crippen molar-refractivity contribution in [2.45, 2.75) is 38.1 Å². The summed E-state index contributed by atoms with van der Waals surface area (Å²) < 4.78 is 11.6. The van der Waals surface area contributed by atoms with E-state index in [1.54, 1.807) is 6.07 Å². The fraction of sp³-hybridized carbons (Fsp3) is 0.280. The predicted octanol–water partition coefficient (Wildman–Crippen LogP) is 4.83. The van der Waals surface area contributed by atoms with E-state index in [9.17, 15) is 5.11 Å². The molecule has 0 amide bonds. The molecule has 7 nitrogen and oxygen atoms in total. The van der Waals surface area contributed by atoms with E-state index in [1.165, 1.54) is 0 Å². The number of aliphatic hydroxyl groups is 1. The van der Waals surface area contributed by atoms with Crippen LogP contribution in [-0.2, 0) is 4.74 Å². The van der Waals surface area contributed by atoms with Crippen LogP contribution in [0.15, 0.2) is 54.6 Å². The molecule has 3 atom stereocenters. The standard InChI is InChI=1S/C25H25ClN4O3/c1-2-22-21(31)11-18(13-32-22)33-25-28-20-12-19(26)23(29-24(20)30-25)16-5-3-14(4-6-16)15-7-9-17(27)10-8-15/h3-10,12,18,21-22,31H,2,11,13,27H2,1H3,(H,28,29,30)/t18-,21+,22-/m1/s1. The lowest BCUT2D eigenvalue weighted by Crippen LogP contribution is -2.43. The van der Waals surface area contributed by atoms with E-state index >= 15 is 0 Å². The minimum atomic E-state index is -0.548. The fourth-order valence-corrected chi connectivity index (χ4v) is 4.37. The molecule has 2 aromatic heterocycles. The van der Waals surface area contributed by atoms with Gasteiger partial charge in [-0.3, -0.25) is 0 Å². The van der Waals surface area contributed by atoms with Crippen LogP contribution < -0.4 is 10.5 Å². The molecule has 170 valence electrons. The van der Waals surface area contributed by atoms with Crippen molar-refractivity contribution in [2.75, 3.05) is 12.3 Å². The first-order valence-electron chi connectivity index (χ1n) is 11.0. The van der Waals surface area contributed by atoms with Crippen molar-refractivity contribution in [3.63, 3.8) is 0 Å². The third-order valence-electron chi connectivity index (χ3n) is 5.92. The number of nitrogens with two attached hydrogens (primary N) is 1. The largest absolute Gasteiger partial charge is 0.459 e. The van der Waals surface area contributed by atoms with E-state index < -0.39 is 6.10 Å². The van der Waals surface area contributed by atoms with Crippen LogP contribution in [0.2, 0.25) is 5.02 Å². The lowest BCUT2D eigenvalue weighted by atomic mass is 10.0. The van der Waals surface area contributed by atoms with Crippen LogP contribution in [0, 0.1) is 0 Å².